The first-order chi connectivity index (χ1) is 30.5. The van der Waals surface area contributed by atoms with Crippen molar-refractivity contribution < 1.29 is 4.42 Å². The number of imidazole rings is 1. The zero-order valence-corrected chi connectivity index (χ0v) is 36.2. The maximum absolute atomic E-state index is 6.58. The summed E-state index contributed by atoms with van der Waals surface area (Å²) in [5, 5.41) is 4.69. The second-order valence-corrected chi connectivity index (χ2v) is 19.6. The average Bonchev–Trinajstić information content (AvgIpc) is 4.00. The molecular weight excluding hydrogens is 767 g/mol. The molecule has 0 bridgehead atoms. The van der Waals surface area contributed by atoms with Gasteiger partial charge in [0.05, 0.1) is 22.1 Å². The smallest absolute Gasteiger partial charge is 0.333 e. The number of nitrogens with zero attached hydrogens (tertiary/aromatic N) is 4. The van der Waals surface area contributed by atoms with Crippen LogP contribution < -0.4 is 15.7 Å². The Morgan fingerprint density at radius 2 is 1.37 bits per heavy atom. The number of rotatable bonds is 2. The normalized spacial score (nSPS) is 14.6. The van der Waals surface area contributed by atoms with E-state index >= 15 is 0 Å². The van der Waals surface area contributed by atoms with Crippen molar-refractivity contribution in [3.8, 4) is 39.3 Å². The van der Waals surface area contributed by atoms with Crippen molar-refractivity contribution in [2.45, 2.75) is 45.4 Å². The summed E-state index contributed by atoms with van der Waals surface area (Å²) in [6, 6.07) is 56.7. The van der Waals surface area contributed by atoms with Crippen LogP contribution in [0.1, 0.15) is 51.3 Å². The molecule has 0 unspecified atom stereocenters. The third kappa shape index (κ3) is 4.50. The van der Waals surface area contributed by atoms with Crippen LogP contribution in [0.5, 0.6) is 0 Å². The molecule has 5 nitrogen and oxygen atoms in total. The number of hydrogen-bond donors (Lipinski definition) is 0. The molecule has 0 N–H and O–H groups in total. The van der Waals surface area contributed by atoms with Gasteiger partial charge in [-0.1, -0.05) is 132 Å². The van der Waals surface area contributed by atoms with Crippen LogP contribution in [0.15, 0.2) is 156 Å². The molecular formula is C57H43BN4O. The first-order valence-corrected chi connectivity index (χ1v) is 22.2. The number of benzene rings is 8. The fraction of sp³-hybridized carbons (Fsp3) is 0.140. The molecule has 63 heavy (non-hydrogen) atoms. The van der Waals surface area contributed by atoms with Crippen LogP contribution in [0, 0.1) is 0 Å². The van der Waals surface area contributed by atoms with Crippen LogP contribution in [-0.4, -0.2) is 21.0 Å². The number of anilines is 2. The number of hydrogen-bond acceptors (Lipinski definition) is 3. The SMILES string of the molecule is Cn1c(-c2ccccc2)nc2cc3c(cc21)-n1c2cc4c(cc2c2ccc5c(c21)B3N(c1ccc(C(C)(C)C)cc1)c1cc2c(cc1-5)-c1ccccc1C2(C)C)oc1ccccc14. The van der Waals surface area contributed by atoms with Crippen LogP contribution in [0.2, 0.25) is 0 Å². The van der Waals surface area contributed by atoms with Crippen molar-refractivity contribution in [1.82, 2.24) is 14.1 Å². The van der Waals surface area contributed by atoms with Crippen LogP contribution in [-0.2, 0) is 17.9 Å². The molecule has 0 radical (unpaired) electrons. The quantitative estimate of drug-likeness (QED) is 0.163. The van der Waals surface area contributed by atoms with Crippen molar-refractivity contribution in [3.63, 3.8) is 0 Å². The van der Waals surface area contributed by atoms with E-state index < -0.39 is 0 Å². The van der Waals surface area contributed by atoms with E-state index in [1.807, 2.05) is 0 Å². The topological polar surface area (TPSA) is 39.1 Å². The molecule has 0 atom stereocenters. The maximum atomic E-state index is 6.58. The Kier molecular flexibility index (Phi) is 6.60. The third-order valence-corrected chi connectivity index (χ3v) is 14.9. The van der Waals surface area contributed by atoms with Gasteiger partial charge in [-0.05, 0) is 104 Å². The van der Waals surface area contributed by atoms with Gasteiger partial charge in [-0.2, -0.15) is 0 Å². The van der Waals surface area contributed by atoms with Gasteiger partial charge >= 0.3 is 6.85 Å². The van der Waals surface area contributed by atoms with Gasteiger partial charge in [-0.25, -0.2) is 4.98 Å². The van der Waals surface area contributed by atoms with Gasteiger partial charge in [0.25, 0.3) is 0 Å². The van der Waals surface area contributed by atoms with Crippen molar-refractivity contribution in [2.75, 3.05) is 4.81 Å². The summed E-state index contributed by atoms with van der Waals surface area (Å²) >= 11 is 0. The third-order valence-electron chi connectivity index (χ3n) is 14.9. The highest BCUT2D eigenvalue weighted by Crippen LogP contribution is 2.54. The Hall–Kier alpha value is -7.31. The first kappa shape index (κ1) is 35.3. The predicted molar refractivity (Wildman–Crippen MR) is 263 cm³/mol. The maximum Gasteiger partial charge on any atom is 0.333 e. The van der Waals surface area contributed by atoms with Gasteiger partial charge in [-0.3, -0.25) is 0 Å². The second kappa shape index (κ2) is 11.8. The molecule has 300 valence electrons. The second-order valence-electron chi connectivity index (χ2n) is 19.6. The molecule has 0 amide bonds. The van der Waals surface area contributed by atoms with E-state index in [9.17, 15) is 0 Å². The van der Waals surface area contributed by atoms with E-state index in [0.29, 0.717) is 0 Å². The molecule has 14 rings (SSSR count). The molecule has 0 saturated heterocycles. The Labute approximate surface area is 365 Å². The number of para-hydroxylation sites is 1. The van der Waals surface area contributed by atoms with E-state index in [0.717, 1.165) is 44.4 Å². The summed E-state index contributed by atoms with van der Waals surface area (Å²) in [7, 11) is 2.16. The van der Waals surface area contributed by atoms with Gasteiger partial charge in [0.15, 0.2) is 0 Å². The molecule has 5 heterocycles. The van der Waals surface area contributed by atoms with Gasteiger partial charge in [0.2, 0.25) is 0 Å². The molecule has 8 aromatic carbocycles. The Balaban J connectivity index is 1.14. The summed E-state index contributed by atoms with van der Waals surface area (Å²) in [4.78, 5) is 8.08. The van der Waals surface area contributed by atoms with E-state index in [-0.39, 0.29) is 17.7 Å². The lowest BCUT2D eigenvalue weighted by Gasteiger charge is -2.42. The van der Waals surface area contributed by atoms with E-state index in [4.69, 9.17) is 9.40 Å². The fourth-order valence-corrected chi connectivity index (χ4v) is 11.7. The largest absolute Gasteiger partial charge is 0.456 e. The predicted octanol–water partition coefficient (Wildman–Crippen LogP) is 13.1. The fourth-order valence-electron chi connectivity index (χ4n) is 11.7. The Bertz CT molecular complexity index is 3820. The van der Waals surface area contributed by atoms with Gasteiger partial charge < -0.3 is 18.4 Å². The van der Waals surface area contributed by atoms with Gasteiger partial charge in [0.1, 0.15) is 17.0 Å². The van der Waals surface area contributed by atoms with E-state index in [2.05, 4.69) is 207 Å². The highest BCUT2D eigenvalue weighted by atomic mass is 16.3. The van der Waals surface area contributed by atoms with Crippen molar-refractivity contribution in [1.29, 1.82) is 0 Å². The average molecular weight is 811 g/mol. The van der Waals surface area contributed by atoms with Crippen LogP contribution in [0.3, 0.4) is 0 Å². The number of furan rings is 1. The summed E-state index contributed by atoms with van der Waals surface area (Å²) in [5.41, 5.74) is 22.8. The molecule has 3 aromatic heterocycles. The Morgan fingerprint density at radius 1 is 0.587 bits per heavy atom. The van der Waals surface area contributed by atoms with Crippen LogP contribution >= 0.6 is 0 Å². The number of aromatic nitrogens is 3. The summed E-state index contributed by atoms with van der Waals surface area (Å²) in [6.07, 6.45) is 0. The molecule has 1 aliphatic carbocycles. The number of fused-ring (bicyclic) bond motifs is 15. The first-order valence-electron chi connectivity index (χ1n) is 22.2. The zero-order valence-electron chi connectivity index (χ0n) is 36.2. The molecule has 3 aliphatic rings. The van der Waals surface area contributed by atoms with Crippen molar-refractivity contribution >= 4 is 83.9 Å². The highest BCUT2D eigenvalue weighted by Gasteiger charge is 2.46. The molecule has 0 fully saturated rings. The highest BCUT2D eigenvalue weighted by molar-refractivity contribution is 6.93. The molecule has 0 spiro atoms. The minimum Gasteiger partial charge on any atom is -0.456 e. The lowest BCUT2D eigenvalue weighted by atomic mass is 9.44. The Morgan fingerprint density at radius 3 is 2.19 bits per heavy atom. The van der Waals surface area contributed by atoms with E-state index in [1.165, 1.54) is 88.7 Å². The van der Waals surface area contributed by atoms with Crippen LogP contribution in [0.4, 0.5) is 11.4 Å². The monoisotopic (exact) mass is 810 g/mol. The van der Waals surface area contributed by atoms with Crippen molar-refractivity contribution in [3.05, 3.63) is 168 Å². The van der Waals surface area contributed by atoms with Gasteiger partial charge in [0, 0.05) is 62.2 Å². The van der Waals surface area contributed by atoms with Crippen LogP contribution in [0.25, 0.3) is 94.1 Å². The summed E-state index contributed by atoms with van der Waals surface area (Å²) in [6.45, 7) is 11.5. The van der Waals surface area contributed by atoms with E-state index in [1.54, 1.807) is 0 Å². The van der Waals surface area contributed by atoms with Crippen molar-refractivity contribution in [2.24, 2.45) is 7.05 Å². The minimum atomic E-state index is -0.154. The standard InChI is InChI=1S/C57H43BN4O/c1-56(2,3)33-20-22-34(23-21-33)62-48-29-44-39(35-16-10-12-18-43(35)57(44,4)5)26-40(48)37-24-25-38-41-28-52-42(36-17-11-13-19-51(36)63-52)27-47(41)61-49-31-50-46(30-45(49)58(62)53(37)54(38)61)59-55(60(50)6)32-14-8-7-9-15-32/h7-31H,1-6H3. The van der Waals surface area contributed by atoms with Gasteiger partial charge in [-0.15, -0.1) is 0 Å². The minimum absolute atomic E-state index is 0.0255. The summed E-state index contributed by atoms with van der Waals surface area (Å²) < 4.78 is 11.4. The number of aryl methyl sites for hydroxylation is 1. The molecule has 11 aromatic rings. The lowest BCUT2D eigenvalue weighted by molar-refractivity contribution is 0.590. The molecule has 2 aliphatic heterocycles. The zero-order chi connectivity index (χ0) is 42.3. The summed E-state index contributed by atoms with van der Waals surface area (Å²) in [5.74, 6) is 0.959. The molecule has 6 heteroatoms. The molecule has 0 saturated carbocycles. The lowest BCUT2D eigenvalue weighted by Crippen LogP contribution is -2.60.